The van der Waals surface area contributed by atoms with E-state index in [1.165, 1.54) is 4.90 Å². The summed E-state index contributed by atoms with van der Waals surface area (Å²) in [7, 11) is 3.26. The summed E-state index contributed by atoms with van der Waals surface area (Å²) in [6.07, 6.45) is 0.0188. The van der Waals surface area contributed by atoms with Gasteiger partial charge in [-0.05, 0) is 24.3 Å². The topological polar surface area (TPSA) is 75.4 Å². The lowest BCUT2D eigenvalue weighted by Crippen LogP contribution is -2.39. The van der Waals surface area contributed by atoms with Gasteiger partial charge in [0, 0.05) is 24.8 Å². The van der Waals surface area contributed by atoms with E-state index in [1.807, 2.05) is 0 Å². The van der Waals surface area contributed by atoms with E-state index < -0.39 is 11.9 Å². The first-order chi connectivity index (χ1) is 8.40. The normalized spacial score (nSPS) is 11.7. The number of anilines is 1. The van der Waals surface area contributed by atoms with Crippen molar-refractivity contribution in [2.45, 2.75) is 12.5 Å². The first-order valence-corrected chi connectivity index (χ1v) is 5.79. The van der Waals surface area contributed by atoms with Gasteiger partial charge in [-0.1, -0.05) is 11.6 Å². The number of carbonyl (C=O) groups is 2. The van der Waals surface area contributed by atoms with Gasteiger partial charge >= 0.3 is 0 Å². The van der Waals surface area contributed by atoms with E-state index in [0.29, 0.717) is 10.7 Å². The monoisotopic (exact) mass is 269 g/mol. The molecule has 0 aliphatic rings. The molecule has 0 aliphatic carbocycles. The lowest BCUT2D eigenvalue weighted by Gasteiger charge is -2.18. The van der Waals surface area contributed by atoms with Gasteiger partial charge in [0.05, 0.1) is 6.42 Å². The lowest BCUT2D eigenvalue weighted by atomic mass is 10.1. The Bertz CT molecular complexity index is 431. The summed E-state index contributed by atoms with van der Waals surface area (Å²) in [6.45, 7) is 0. The predicted molar refractivity (Wildman–Crippen MR) is 71.4 cm³/mol. The molecule has 5 nitrogen and oxygen atoms in total. The first kappa shape index (κ1) is 14.3. The van der Waals surface area contributed by atoms with Crippen LogP contribution in [0, 0.1) is 0 Å². The molecule has 1 rings (SSSR count). The van der Waals surface area contributed by atoms with Crippen molar-refractivity contribution >= 4 is 29.1 Å². The van der Waals surface area contributed by atoms with Gasteiger partial charge in [-0.25, -0.2) is 0 Å². The summed E-state index contributed by atoms with van der Waals surface area (Å²) in [5.74, 6) is -0.736. The van der Waals surface area contributed by atoms with Gasteiger partial charge in [0.25, 0.3) is 0 Å². The van der Waals surface area contributed by atoms with Crippen LogP contribution in [0.2, 0.25) is 5.02 Å². The zero-order valence-electron chi connectivity index (χ0n) is 10.3. The largest absolute Gasteiger partial charge is 0.373 e. The number of hydrogen-bond donors (Lipinski definition) is 2. The number of nitrogens with zero attached hydrogens (tertiary/aromatic N) is 1. The Kier molecular flexibility index (Phi) is 4.97. The summed E-state index contributed by atoms with van der Waals surface area (Å²) in [4.78, 5) is 24.3. The van der Waals surface area contributed by atoms with Gasteiger partial charge in [-0.15, -0.1) is 0 Å². The number of primary amides is 1. The van der Waals surface area contributed by atoms with Crippen LogP contribution < -0.4 is 11.1 Å². The van der Waals surface area contributed by atoms with Crippen molar-refractivity contribution in [1.29, 1.82) is 0 Å². The molecule has 0 aliphatic heterocycles. The Hall–Kier alpha value is -1.75. The fourth-order valence-electron chi connectivity index (χ4n) is 1.33. The second kappa shape index (κ2) is 6.26. The van der Waals surface area contributed by atoms with Crippen molar-refractivity contribution in [2.75, 3.05) is 19.4 Å². The number of halogens is 1. The Morgan fingerprint density at radius 1 is 1.33 bits per heavy atom. The number of nitrogens with two attached hydrogens (primary N) is 1. The van der Waals surface area contributed by atoms with Gasteiger partial charge in [0.2, 0.25) is 11.8 Å². The standard InChI is InChI=1S/C12H16ClN3O2/c1-16(2)11(17)7-10(12(14)18)15-9-5-3-8(13)4-6-9/h3-6,10,15H,7H2,1-2H3,(H2,14,18). The molecule has 18 heavy (non-hydrogen) atoms. The molecule has 1 unspecified atom stereocenters. The van der Waals surface area contributed by atoms with E-state index in [-0.39, 0.29) is 12.3 Å². The molecule has 0 saturated carbocycles. The fourth-order valence-corrected chi connectivity index (χ4v) is 1.45. The summed E-state index contributed by atoms with van der Waals surface area (Å²) >= 11 is 5.76. The highest BCUT2D eigenvalue weighted by Gasteiger charge is 2.20. The molecule has 1 aromatic rings. The van der Waals surface area contributed by atoms with Crippen LogP contribution in [0.1, 0.15) is 6.42 Å². The highest BCUT2D eigenvalue weighted by Crippen LogP contribution is 2.15. The summed E-state index contributed by atoms with van der Waals surface area (Å²) in [5.41, 5.74) is 5.95. The molecule has 3 N–H and O–H groups in total. The van der Waals surface area contributed by atoms with Crippen LogP contribution in [0.25, 0.3) is 0 Å². The van der Waals surface area contributed by atoms with Crippen molar-refractivity contribution in [2.24, 2.45) is 5.73 Å². The van der Waals surface area contributed by atoms with Crippen molar-refractivity contribution < 1.29 is 9.59 Å². The Balaban J connectivity index is 2.72. The van der Waals surface area contributed by atoms with Gasteiger partial charge < -0.3 is 16.0 Å². The smallest absolute Gasteiger partial charge is 0.240 e. The maximum absolute atomic E-state index is 11.6. The number of amides is 2. The summed E-state index contributed by atoms with van der Waals surface area (Å²) in [6, 6.07) is 6.09. The van der Waals surface area contributed by atoms with Gasteiger partial charge in [-0.2, -0.15) is 0 Å². The number of rotatable bonds is 5. The quantitative estimate of drug-likeness (QED) is 0.840. The van der Waals surface area contributed by atoms with Gasteiger partial charge in [0.1, 0.15) is 6.04 Å². The molecule has 0 fully saturated rings. The second-order valence-electron chi connectivity index (χ2n) is 4.10. The van der Waals surface area contributed by atoms with Crippen molar-refractivity contribution in [3.05, 3.63) is 29.3 Å². The van der Waals surface area contributed by atoms with E-state index >= 15 is 0 Å². The van der Waals surface area contributed by atoms with Crippen LogP contribution in [0.3, 0.4) is 0 Å². The zero-order valence-corrected chi connectivity index (χ0v) is 11.1. The maximum atomic E-state index is 11.6. The number of carbonyl (C=O) groups excluding carboxylic acids is 2. The first-order valence-electron chi connectivity index (χ1n) is 5.41. The Labute approximate surface area is 111 Å². The molecule has 2 amide bonds. The summed E-state index contributed by atoms with van der Waals surface area (Å²) < 4.78 is 0. The third kappa shape index (κ3) is 4.25. The molecule has 0 heterocycles. The Morgan fingerprint density at radius 2 is 1.89 bits per heavy atom. The second-order valence-corrected chi connectivity index (χ2v) is 4.53. The van der Waals surface area contributed by atoms with Crippen molar-refractivity contribution in [1.82, 2.24) is 4.90 Å². The van der Waals surface area contributed by atoms with Crippen LogP contribution in [0.4, 0.5) is 5.69 Å². The van der Waals surface area contributed by atoms with Crippen molar-refractivity contribution in [3.63, 3.8) is 0 Å². The molecule has 0 spiro atoms. The molecule has 6 heteroatoms. The number of benzene rings is 1. The zero-order chi connectivity index (χ0) is 13.7. The minimum Gasteiger partial charge on any atom is -0.373 e. The maximum Gasteiger partial charge on any atom is 0.240 e. The predicted octanol–water partition coefficient (Wildman–Crippen LogP) is 1.08. The third-order valence-electron chi connectivity index (χ3n) is 2.41. The molecule has 0 aromatic heterocycles. The molecule has 98 valence electrons. The molecule has 0 bridgehead atoms. The van der Waals surface area contributed by atoms with Gasteiger partial charge in [0.15, 0.2) is 0 Å². The molecule has 1 atom stereocenters. The minimum absolute atomic E-state index is 0.0188. The van der Waals surface area contributed by atoms with E-state index in [2.05, 4.69) is 5.32 Å². The van der Waals surface area contributed by atoms with Crippen LogP contribution in [0.15, 0.2) is 24.3 Å². The van der Waals surface area contributed by atoms with Crippen LogP contribution >= 0.6 is 11.6 Å². The highest BCUT2D eigenvalue weighted by atomic mass is 35.5. The van der Waals surface area contributed by atoms with Crippen LogP contribution in [-0.2, 0) is 9.59 Å². The number of nitrogens with one attached hydrogen (secondary N) is 1. The SMILES string of the molecule is CN(C)C(=O)CC(Nc1ccc(Cl)cc1)C(N)=O. The molecule has 0 saturated heterocycles. The molecule has 1 aromatic carbocycles. The summed E-state index contributed by atoms with van der Waals surface area (Å²) in [5, 5.41) is 3.51. The van der Waals surface area contributed by atoms with E-state index in [1.54, 1.807) is 38.4 Å². The van der Waals surface area contributed by atoms with Crippen LogP contribution in [0.5, 0.6) is 0 Å². The average Bonchev–Trinajstić information content (AvgIpc) is 2.30. The molecule has 0 radical (unpaired) electrons. The van der Waals surface area contributed by atoms with Gasteiger partial charge in [-0.3, -0.25) is 9.59 Å². The van der Waals surface area contributed by atoms with Crippen molar-refractivity contribution in [3.8, 4) is 0 Å². The Morgan fingerprint density at radius 3 is 2.33 bits per heavy atom. The minimum atomic E-state index is -0.735. The fraction of sp³-hybridized carbons (Fsp3) is 0.333. The number of hydrogen-bond acceptors (Lipinski definition) is 3. The van der Waals surface area contributed by atoms with E-state index in [0.717, 1.165) is 0 Å². The molecular formula is C12H16ClN3O2. The van der Waals surface area contributed by atoms with E-state index in [4.69, 9.17) is 17.3 Å². The van der Waals surface area contributed by atoms with E-state index in [9.17, 15) is 9.59 Å². The molecular weight excluding hydrogens is 254 g/mol. The lowest BCUT2D eigenvalue weighted by molar-refractivity contribution is -0.131. The third-order valence-corrected chi connectivity index (χ3v) is 2.66. The highest BCUT2D eigenvalue weighted by molar-refractivity contribution is 6.30. The average molecular weight is 270 g/mol. The van der Waals surface area contributed by atoms with Crippen LogP contribution in [-0.4, -0.2) is 36.9 Å².